The molecule has 3 N–H and O–H groups in total. The summed E-state index contributed by atoms with van der Waals surface area (Å²) in [7, 11) is 1.58. The fraction of sp³-hybridized carbons (Fsp3) is 0.130. The zero-order valence-corrected chi connectivity index (χ0v) is 19.9. The van der Waals surface area contributed by atoms with Crippen molar-refractivity contribution in [2.45, 2.75) is 13.8 Å². The van der Waals surface area contributed by atoms with Crippen LogP contribution in [0.25, 0.3) is 10.8 Å². The Balaban J connectivity index is 1.44. The first-order valence-electron chi connectivity index (χ1n) is 10.6. The van der Waals surface area contributed by atoms with E-state index in [9.17, 15) is 9.90 Å². The van der Waals surface area contributed by atoms with Crippen molar-refractivity contribution >= 4 is 34.1 Å². The summed E-state index contributed by atoms with van der Waals surface area (Å²) in [6, 6.07) is 14.7. The van der Waals surface area contributed by atoms with Gasteiger partial charge in [0.1, 0.15) is 17.4 Å². The minimum atomic E-state index is -0.541. The van der Waals surface area contributed by atoms with Crippen LogP contribution in [0.5, 0.6) is 5.75 Å². The molecule has 0 saturated carbocycles. The molecule has 4 aromatic rings. The van der Waals surface area contributed by atoms with Gasteiger partial charge in [-0.25, -0.2) is 4.98 Å². The topological polar surface area (TPSA) is 137 Å². The molecule has 0 amide bonds. The van der Waals surface area contributed by atoms with Crippen molar-refractivity contribution < 1.29 is 20.3 Å². The van der Waals surface area contributed by atoms with Gasteiger partial charge in [-0.15, -0.1) is 22.0 Å². The summed E-state index contributed by atoms with van der Waals surface area (Å²) in [6.45, 7) is 3.72. The van der Waals surface area contributed by atoms with Crippen LogP contribution in [-0.4, -0.2) is 21.9 Å². The molecule has 0 spiro atoms. The Morgan fingerprint density at radius 2 is 1.86 bits per heavy atom. The molecule has 2 aromatic carbocycles. The normalized spacial score (nSPS) is 13.6. The van der Waals surface area contributed by atoms with Gasteiger partial charge in [-0.3, -0.25) is 9.89 Å². The number of hydrogen-bond donors (Lipinski definition) is 2. The van der Waals surface area contributed by atoms with Crippen LogP contribution in [0.4, 0.5) is 17.1 Å². The van der Waals surface area contributed by atoms with Crippen LogP contribution in [0, 0.1) is 13.8 Å². The molecule has 178 valence electrons. The van der Waals surface area contributed by atoms with Gasteiger partial charge in [0, 0.05) is 5.38 Å². The van der Waals surface area contributed by atoms with Crippen LogP contribution < -0.4 is 26.0 Å². The van der Waals surface area contributed by atoms with E-state index in [0.29, 0.717) is 33.6 Å². The summed E-state index contributed by atoms with van der Waals surface area (Å²) in [6.07, 6.45) is 0. The van der Waals surface area contributed by atoms with Crippen molar-refractivity contribution in [1.82, 2.24) is 14.8 Å². The second-order valence-electron chi connectivity index (χ2n) is 7.70. The highest BCUT2D eigenvalue weighted by Crippen LogP contribution is 2.30. The van der Waals surface area contributed by atoms with Crippen molar-refractivity contribution in [3.05, 3.63) is 87.2 Å². The zero-order valence-electron chi connectivity index (χ0n) is 19.1. The lowest BCUT2D eigenvalue weighted by Crippen LogP contribution is -2.90. The number of benzene rings is 2. The molecule has 2 aromatic heterocycles. The number of methoxy groups -OCH3 is 1. The number of aryl methyl sites for hydroxylation is 2. The molecule has 0 radical (unpaired) electrons. The maximum Gasteiger partial charge on any atom is 0.301 e. The van der Waals surface area contributed by atoms with Gasteiger partial charge in [0.05, 0.1) is 24.2 Å². The quantitative estimate of drug-likeness (QED) is 0.314. The minimum Gasteiger partial charge on any atom is -0.540 e. The van der Waals surface area contributed by atoms with E-state index >= 15 is 0 Å². The third kappa shape index (κ3) is 4.27. The number of azo groups is 1. The number of quaternary nitrogens is 1. The van der Waals surface area contributed by atoms with Gasteiger partial charge in [-0.2, -0.15) is 14.8 Å². The summed E-state index contributed by atoms with van der Waals surface area (Å²) >= 11 is 1.21. The number of nitrogens with two attached hydrogens (primary N) is 1. The first kappa shape index (κ1) is 22.4. The Labute approximate surface area is 203 Å². The minimum absolute atomic E-state index is 0.184. The number of aromatic amines is 1. The van der Waals surface area contributed by atoms with Crippen LogP contribution in [-0.2, 0) is 4.84 Å². The van der Waals surface area contributed by atoms with Gasteiger partial charge in [0.2, 0.25) is 5.13 Å². The molecule has 12 heteroatoms. The Morgan fingerprint density at radius 3 is 2.57 bits per heavy atom. The van der Waals surface area contributed by atoms with Crippen LogP contribution in [0.3, 0.4) is 0 Å². The zero-order chi connectivity index (χ0) is 24.5. The highest BCUT2D eigenvalue weighted by molar-refractivity contribution is 7.12. The van der Waals surface area contributed by atoms with Gasteiger partial charge < -0.3 is 14.7 Å². The van der Waals surface area contributed by atoms with Crippen LogP contribution in [0.2, 0.25) is 0 Å². The summed E-state index contributed by atoms with van der Waals surface area (Å²) in [4.78, 5) is 22.7. The van der Waals surface area contributed by atoms with Crippen molar-refractivity contribution in [3.8, 4) is 10.9 Å². The number of nitrogens with one attached hydrogen (secondary N) is 1. The van der Waals surface area contributed by atoms with E-state index in [0.717, 1.165) is 5.56 Å². The molecule has 35 heavy (non-hydrogen) atoms. The van der Waals surface area contributed by atoms with E-state index in [1.165, 1.54) is 21.6 Å². The SMILES string of the molecule is COc1ccc(N2[NH2+]OC([O-])=C2c2csc(-n3[nH]c(C)c(N=Nc4ccc(C)cc4)c3=O)n2)cc1. The molecule has 0 fully saturated rings. The van der Waals surface area contributed by atoms with E-state index in [1.54, 1.807) is 48.7 Å². The van der Waals surface area contributed by atoms with Gasteiger partial charge in [-0.1, -0.05) is 17.7 Å². The lowest BCUT2D eigenvalue weighted by Gasteiger charge is -2.16. The molecular formula is C23H21N7O4S. The average molecular weight is 492 g/mol. The maximum absolute atomic E-state index is 13.0. The number of thiazole rings is 1. The molecule has 0 bridgehead atoms. The van der Waals surface area contributed by atoms with Crippen molar-refractivity contribution in [1.29, 1.82) is 0 Å². The largest absolute Gasteiger partial charge is 0.540 e. The average Bonchev–Trinajstić information content (AvgIpc) is 3.56. The van der Waals surface area contributed by atoms with Crippen LogP contribution in [0.1, 0.15) is 17.0 Å². The first-order valence-corrected chi connectivity index (χ1v) is 11.4. The second kappa shape index (κ2) is 9.08. The summed E-state index contributed by atoms with van der Waals surface area (Å²) in [5.41, 5.74) is 4.74. The number of ether oxygens (including phenoxy) is 1. The number of anilines is 1. The molecule has 1 aliphatic heterocycles. The molecule has 11 nitrogen and oxygen atoms in total. The molecule has 0 atom stereocenters. The smallest absolute Gasteiger partial charge is 0.301 e. The Kier molecular flexibility index (Phi) is 5.81. The highest BCUT2D eigenvalue weighted by atomic mass is 32.1. The molecule has 5 rings (SSSR count). The summed E-state index contributed by atoms with van der Waals surface area (Å²) < 4.78 is 6.48. The van der Waals surface area contributed by atoms with Crippen molar-refractivity contribution in [3.63, 3.8) is 0 Å². The summed E-state index contributed by atoms with van der Waals surface area (Å²) in [5.74, 6) is 0.148. The molecule has 0 aliphatic carbocycles. The number of H-pyrrole nitrogens is 1. The number of aromatic nitrogens is 3. The maximum atomic E-state index is 13.0. The van der Waals surface area contributed by atoms with E-state index in [-0.39, 0.29) is 11.4 Å². The number of hydrogen-bond acceptors (Lipinski definition) is 9. The van der Waals surface area contributed by atoms with E-state index in [1.807, 2.05) is 31.2 Å². The van der Waals surface area contributed by atoms with E-state index < -0.39 is 11.5 Å². The highest BCUT2D eigenvalue weighted by Gasteiger charge is 2.28. The second-order valence-corrected chi connectivity index (χ2v) is 8.54. The van der Waals surface area contributed by atoms with Gasteiger partial charge in [-0.05, 0) is 50.2 Å². The van der Waals surface area contributed by atoms with Gasteiger partial charge >= 0.3 is 5.56 Å². The Bertz CT molecular complexity index is 1480. The Hall–Kier alpha value is -4.42. The van der Waals surface area contributed by atoms with Gasteiger partial charge in [0.15, 0.2) is 11.4 Å². The third-order valence-corrected chi connectivity index (χ3v) is 6.14. The standard InChI is InChI=1S/C23H21N7O4S/c1-13-4-6-15(7-5-13)25-26-19-14(2)27-30(21(19)31)23-24-18(12-35-23)20-22(32)34-28-29(20)16-8-10-17(33-3)11-9-16/h4-12,27-28,32H,1-3H3. The molecule has 1 aliphatic rings. The number of nitrogens with zero attached hydrogens (tertiary/aromatic N) is 5. The number of rotatable bonds is 6. The fourth-order valence-corrected chi connectivity index (χ4v) is 4.22. The predicted octanol–water partition coefficient (Wildman–Crippen LogP) is 2.58. The molecule has 0 saturated heterocycles. The lowest BCUT2D eigenvalue weighted by molar-refractivity contribution is -0.890. The van der Waals surface area contributed by atoms with Crippen molar-refractivity contribution in [2.75, 3.05) is 12.1 Å². The molecule has 3 heterocycles. The predicted molar refractivity (Wildman–Crippen MR) is 128 cm³/mol. The first-order chi connectivity index (χ1) is 16.9. The molecule has 0 unspecified atom stereocenters. The summed E-state index contributed by atoms with van der Waals surface area (Å²) in [5, 5.41) is 27.4. The molecular weight excluding hydrogens is 470 g/mol. The van der Waals surface area contributed by atoms with E-state index in [2.05, 4.69) is 20.3 Å². The lowest BCUT2D eigenvalue weighted by atomic mass is 10.2. The monoisotopic (exact) mass is 491 g/mol. The van der Waals surface area contributed by atoms with Gasteiger partial charge in [0.25, 0.3) is 0 Å². The van der Waals surface area contributed by atoms with E-state index in [4.69, 9.17) is 9.57 Å². The van der Waals surface area contributed by atoms with Crippen LogP contribution in [0.15, 0.2) is 74.9 Å². The Morgan fingerprint density at radius 1 is 1.11 bits per heavy atom. The van der Waals surface area contributed by atoms with Crippen molar-refractivity contribution in [2.24, 2.45) is 10.2 Å². The fourth-order valence-electron chi connectivity index (χ4n) is 3.45. The third-order valence-electron chi connectivity index (χ3n) is 5.32. The van der Waals surface area contributed by atoms with Crippen LogP contribution >= 0.6 is 11.3 Å².